The van der Waals surface area contributed by atoms with E-state index in [0.717, 1.165) is 24.3 Å². The van der Waals surface area contributed by atoms with Crippen molar-refractivity contribution in [3.05, 3.63) is 59.8 Å². The van der Waals surface area contributed by atoms with Crippen molar-refractivity contribution in [3.63, 3.8) is 0 Å². The molecule has 0 amide bonds. The molecule has 1 heterocycles. The minimum atomic E-state index is 0.544. The number of rotatable bonds is 9. The summed E-state index contributed by atoms with van der Waals surface area (Å²) in [7, 11) is 4.75. The molecular formula is C22H26N4O3. The highest BCUT2D eigenvalue weighted by Gasteiger charge is 2.14. The topological polar surface area (TPSA) is 77.5 Å². The van der Waals surface area contributed by atoms with Gasteiger partial charge >= 0.3 is 0 Å². The highest BCUT2D eigenvalue weighted by Crippen LogP contribution is 2.40. The predicted octanol–water partition coefficient (Wildman–Crippen LogP) is 4.21. The molecule has 0 atom stereocenters. The normalized spacial score (nSPS) is 10.3. The fourth-order valence-electron chi connectivity index (χ4n) is 2.98. The fourth-order valence-corrected chi connectivity index (χ4v) is 2.98. The van der Waals surface area contributed by atoms with E-state index in [2.05, 4.69) is 32.7 Å². The van der Waals surface area contributed by atoms with E-state index in [1.807, 2.05) is 43.3 Å². The molecule has 7 nitrogen and oxygen atoms in total. The van der Waals surface area contributed by atoms with Crippen LogP contribution in [0.4, 0.5) is 17.5 Å². The summed E-state index contributed by atoms with van der Waals surface area (Å²) in [6.07, 6.45) is 0.897. The molecule has 0 aliphatic rings. The molecule has 2 aromatic carbocycles. The van der Waals surface area contributed by atoms with Crippen LogP contribution < -0.4 is 24.8 Å². The van der Waals surface area contributed by atoms with Crippen LogP contribution in [0.15, 0.2) is 48.5 Å². The number of hydrogen-bond acceptors (Lipinski definition) is 7. The van der Waals surface area contributed by atoms with Gasteiger partial charge in [-0.05, 0) is 18.9 Å². The zero-order valence-electron chi connectivity index (χ0n) is 17.2. The molecule has 0 spiro atoms. The van der Waals surface area contributed by atoms with E-state index in [9.17, 15) is 0 Å². The predicted molar refractivity (Wildman–Crippen MR) is 115 cm³/mol. The van der Waals surface area contributed by atoms with E-state index >= 15 is 0 Å². The Hall–Kier alpha value is -3.48. The van der Waals surface area contributed by atoms with Crippen molar-refractivity contribution in [2.75, 3.05) is 38.5 Å². The summed E-state index contributed by atoms with van der Waals surface area (Å²) >= 11 is 0. The molecule has 7 heteroatoms. The van der Waals surface area contributed by atoms with Gasteiger partial charge in [0.1, 0.15) is 5.82 Å². The summed E-state index contributed by atoms with van der Waals surface area (Å²) in [5, 5.41) is 6.58. The van der Waals surface area contributed by atoms with Gasteiger partial charge in [-0.2, -0.15) is 4.98 Å². The van der Waals surface area contributed by atoms with Gasteiger partial charge in [0.25, 0.3) is 0 Å². The third-order valence-electron chi connectivity index (χ3n) is 4.33. The van der Waals surface area contributed by atoms with Crippen molar-refractivity contribution >= 4 is 17.5 Å². The summed E-state index contributed by atoms with van der Waals surface area (Å²) in [6, 6.07) is 15.9. The van der Waals surface area contributed by atoms with Crippen molar-refractivity contribution in [1.29, 1.82) is 0 Å². The molecule has 0 unspecified atom stereocenters. The van der Waals surface area contributed by atoms with E-state index in [4.69, 9.17) is 14.2 Å². The molecule has 29 heavy (non-hydrogen) atoms. The lowest BCUT2D eigenvalue weighted by molar-refractivity contribution is 0.324. The van der Waals surface area contributed by atoms with Gasteiger partial charge in [-0.1, -0.05) is 30.3 Å². The highest BCUT2D eigenvalue weighted by atomic mass is 16.5. The molecule has 0 aliphatic carbocycles. The molecule has 0 bridgehead atoms. The van der Waals surface area contributed by atoms with Crippen molar-refractivity contribution in [2.45, 2.75) is 13.3 Å². The maximum absolute atomic E-state index is 5.41. The summed E-state index contributed by atoms with van der Waals surface area (Å²) in [6.45, 7) is 2.68. The molecular weight excluding hydrogens is 368 g/mol. The molecule has 0 aliphatic heterocycles. The monoisotopic (exact) mass is 394 g/mol. The van der Waals surface area contributed by atoms with E-state index < -0.39 is 0 Å². The standard InChI is InChI=1S/C22H26N4O3/c1-15-12-20(25-17-13-18(27-2)21(29-4)19(14-17)28-3)26-22(24-15)23-11-10-16-8-6-5-7-9-16/h5-9,12-14H,10-11H2,1-4H3,(H2,23,24,25,26). The smallest absolute Gasteiger partial charge is 0.224 e. The minimum absolute atomic E-state index is 0.544. The number of nitrogens with one attached hydrogen (secondary N) is 2. The van der Waals surface area contributed by atoms with E-state index in [1.165, 1.54) is 5.56 Å². The van der Waals surface area contributed by atoms with E-state index in [-0.39, 0.29) is 0 Å². The largest absolute Gasteiger partial charge is 0.493 e. The van der Waals surface area contributed by atoms with Gasteiger partial charge in [-0.15, -0.1) is 0 Å². The van der Waals surface area contributed by atoms with Gasteiger partial charge in [-0.25, -0.2) is 4.98 Å². The van der Waals surface area contributed by atoms with Gasteiger partial charge in [0.05, 0.1) is 21.3 Å². The molecule has 0 saturated heterocycles. The van der Waals surface area contributed by atoms with Crippen LogP contribution in [0.5, 0.6) is 17.2 Å². The molecule has 3 aromatic rings. The van der Waals surface area contributed by atoms with Gasteiger partial charge < -0.3 is 24.8 Å². The number of aryl methyl sites for hydroxylation is 1. The number of benzene rings is 2. The van der Waals surface area contributed by atoms with Crippen LogP contribution in [-0.4, -0.2) is 37.8 Å². The summed E-state index contributed by atoms with van der Waals surface area (Å²) in [4.78, 5) is 9.04. The SMILES string of the molecule is COc1cc(Nc2cc(C)nc(NCCc3ccccc3)n2)cc(OC)c1OC. The Balaban J connectivity index is 1.74. The lowest BCUT2D eigenvalue weighted by Gasteiger charge is -2.15. The average Bonchev–Trinajstić information content (AvgIpc) is 2.73. The Bertz CT molecular complexity index is 923. The highest BCUT2D eigenvalue weighted by molar-refractivity contribution is 5.67. The average molecular weight is 394 g/mol. The molecule has 0 saturated carbocycles. The number of ether oxygens (including phenoxy) is 3. The van der Waals surface area contributed by atoms with E-state index in [1.54, 1.807) is 21.3 Å². The Kier molecular flexibility index (Phi) is 6.73. The van der Waals surface area contributed by atoms with Crippen LogP contribution in [-0.2, 0) is 6.42 Å². The van der Waals surface area contributed by atoms with Crippen LogP contribution in [0.3, 0.4) is 0 Å². The Morgan fingerprint density at radius 2 is 1.55 bits per heavy atom. The molecule has 2 N–H and O–H groups in total. The third kappa shape index (κ3) is 5.28. The maximum Gasteiger partial charge on any atom is 0.224 e. The number of anilines is 3. The Morgan fingerprint density at radius 1 is 0.862 bits per heavy atom. The van der Waals surface area contributed by atoms with Crippen molar-refractivity contribution in [3.8, 4) is 17.2 Å². The zero-order chi connectivity index (χ0) is 20.6. The number of aromatic nitrogens is 2. The summed E-state index contributed by atoms with van der Waals surface area (Å²) in [5.74, 6) is 2.94. The maximum atomic E-state index is 5.41. The van der Waals surface area contributed by atoms with Gasteiger partial charge in [0, 0.05) is 36.1 Å². The van der Waals surface area contributed by atoms with Crippen LogP contribution in [0, 0.1) is 6.92 Å². The second kappa shape index (κ2) is 9.64. The first-order valence-electron chi connectivity index (χ1n) is 9.33. The third-order valence-corrected chi connectivity index (χ3v) is 4.33. The van der Waals surface area contributed by atoms with Crippen molar-refractivity contribution in [1.82, 2.24) is 9.97 Å². The lowest BCUT2D eigenvalue weighted by Crippen LogP contribution is -2.09. The van der Waals surface area contributed by atoms with Gasteiger partial charge in [-0.3, -0.25) is 0 Å². The van der Waals surface area contributed by atoms with Crippen LogP contribution in [0.2, 0.25) is 0 Å². The molecule has 0 radical (unpaired) electrons. The summed E-state index contributed by atoms with van der Waals surface area (Å²) in [5.41, 5.74) is 2.90. The van der Waals surface area contributed by atoms with E-state index in [0.29, 0.717) is 29.0 Å². The van der Waals surface area contributed by atoms with Crippen molar-refractivity contribution in [2.24, 2.45) is 0 Å². The van der Waals surface area contributed by atoms with Gasteiger partial charge in [0.2, 0.25) is 11.7 Å². The van der Waals surface area contributed by atoms with Gasteiger partial charge in [0.15, 0.2) is 11.5 Å². The number of nitrogens with zero attached hydrogens (tertiary/aromatic N) is 2. The van der Waals surface area contributed by atoms with Crippen LogP contribution >= 0.6 is 0 Å². The first-order chi connectivity index (χ1) is 14.1. The Labute approximate surface area is 171 Å². The first-order valence-corrected chi connectivity index (χ1v) is 9.33. The zero-order valence-corrected chi connectivity index (χ0v) is 17.2. The summed E-state index contributed by atoms with van der Waals surface area (Å²) < 4.78 is 16.2. The molecule has 0 fully saturated rings. The molecule has 3 rings (SSSR count). The lowest BCUT2D eigenvalue weighted by atomic mass is 10.1. The second-order valence-corrected chi connectivity index (χ2v) is 6.42. The second-order valence-electron chi connectivity index (χ2n) is 6.42. The quantitative estimate of drug-likeness (QED) is 0.563. The van der Waals surface area contributed by atoms with Crippen LogP contribution in [0.1, 0.15) is 11.3 Å². The number of methoxy groups -OCH3 is 3. The van der Waals surface area contributed by atoms with Crippen LogP contribution in [0.25, 0.3) is 0 Å². The molecule has 152 valence electrons. The molecule has 1 aromatic heterocycles. The minimum Gasteiger partial charge on any atom is -0.493 e. The van der Waals surface area contributed by atoms with Crippen molar-refractivity contribution < 1.29 is 14.2 Å². The first kappa shape index (κ1) is 20.3. The number of hydrogen-bond donors (Lipinski definition) is 2. The Morgan fingerprint density at radius 3 is 2.17 bits per heavy atom. The fraction of sp³-hybridized carbons (Fsp3) is 0.273.